The molecule has 90 valence electrons. The van der Waals surface area contributed by atoms with Gasteiger partial charge in [-0.15, -0.1) is 0 Å². The van der Waals surface area contributed by atoms with Crippen molar-refractivity contribution in [3.63, 3.8) is 0 Å². The summed E-state index contributed by atoms with van der Waals surface area (Å²) in [6, 6.07) is 2.27. The van der Waals surface area contributed by atoms with Gasteiger partial charge in [-0.05, 0) is 44.6 Å². The average Bonchev–Trinajstić information content (AvgIpc) is 2.85. The minimum Gasteiger partial charge on any atom is -0.466 e. The molecule has 0 aromatic carbocycles. The van der Waals surface area contributed by atoms with Crippen LogP contribution in [0.2, 0.25) is 0 Å². The molecule has 2 heteroatoms. The first-order valence-electron chi connectivity index (χ1n) is 6.41. The molecule has 1 aromatic rings. The van der Waals surface area contributed by atoms with Gasteiger partial charge in [0, 0.05) is 11.6 Å². The zero-order valence-corrected chi connectivity index (χ0v) is 10.7. The van der Waals surface area contributed by atoms with Gasteiger partial charge in [-0.25, -0.2) is 0 Å². The van der Waals surface area contributed by atoms with Crippen LogP contribution >= 0.6 is 0 Å². The first-order chi connectivity index (χ1) is 7.59. The SMILES string of the molecule is CCC1(C(N)c2cc(C)oc2C)CCCC1. The maximum absolute atomic E-state index is 6.50. The lowest BCUT2D eigenvalue weighted by atomic mass is 9.74. The molecule has 0 radical (unpaired) electrons. The normalized spacial score (nSPS) is 21.2. The Hall–Kier alpha value is -0.760. The maximum atomic E-state index is 6.50. The molecule has 16 heavy (non-hydrogen) atoms. The monoisotopic (exact) mass is 221 g/mol. The molecule has 0 amide bonds. The van der Waals surface area contributed by atoms with Crippen molar-refractivity contribution < 1.29 is 4.42 Å². The summed E-state index contributed by atoms with van der Waals surface area (Å²) < 4.78 is 5.60. The van der Waals surface area contributed by atoms with E-state index in [2.05, 4.69) is 13.0 Å². The topological polar surface area (TPSA) is 39.2 Å². The molecule has 1 aromatic heterocycles. The number of rotatable bonds is 3. The molecule has 1 heterocycles. The van der Waals surface area contributed by atoms with Crippen LogP contribution in [0.5, 0.6) is 0 Å². The highest BCUT2D eigenvalue weighted by Gasteiger charge is 2.39. The van der Waals surface area contributed by atoms with E-state index in [1.54, 1.807) is 0 Å². The highest BCUT2D eigenvalue weighted by atomic mass is 16.3. The lowest BCUT2D eigenvalue weighted by molar-refractivity contribution is 0.220. The van der Waals surface area contributed by atoms with Crippen LogP contribution in [0.15, 0.2) is 10.5 Å². The summed E-state index contributed by atoms with van der Waals surface area (Å²) in [5, 5.41) is 0. The van der Waals surface area contributed by atoms with Gasteiger partial charge in [0.2, 0.25) is 0 Å². The van der Waals surface area contributed by atoms with Crippen LogP contribution in [-0.2, 0) is 0 Å². The van der Waals surface area contributed by atoms with Gasteiger partial charge in [-0.2, -0.15) is 0 Å². The van der Waals surface area contributed by atoms with Crippen LogP contribution in [0.3, 0.4) is 0 Å². The molecule has 1 fully saturated rings. The van der Waals surface area contributed by atoms with E-state index < -0.39 is 0 Å². The van der Waals surface area contributed by atoms with Gasteiger partial charge in [0.25, 0.3) is 0 Å². The summed E-state index contributed by atoms with van der Waals surface area (Å²) >= 11 is 0. The molecule has 1 unspecified atom stereocenters. The molecule has 1 aliphatic carbocycles. The second-order valence-corrected chi connectivity index (χ2v) is 5.27. The molecule has 1 aliphatic rings. The van der Waals surface area contributed by atoms with Crippen molar-refractivity contribution in [3.05, 3.63) is 23.2 Å². The number of aryl methyl sites for hydroxylation is 2. The van der Waals surface area contributed by atoms with Gasteiger partial charge < -0.3 is 10.2 Å². The van der Waals surface area contributed by atoms with Crippen LogP contribution in [0.1, 0.15) is 62.2 Å². The van der Waals surface area contributed by atoms with E-state index in [0.29, 0.717) is 5.41 Å². The van der Waals surface area contributed by atoms with Crippen LogP contribution in [0, 0.1) is 19.3 Å². The molecule has 1 atom stereocenters. The lowest BCUT2D eigenvalue weighted by Gasteiger charge is -2.34. The van der Waals surface area contributed by atoms with Gasteiger partial charge in [0.05, 0.1) is 0 Å². The van der Waals surface area contributed by atoms with Gasteiger partial charge in [-0.1, -0.05) is 19.8 Å². The first-order valence-corrected chi connectivity index (χ1v) is 6.41. The van der Waals surface area contributed by atoms with E-state index in [1.807, 2.05) is 13.8 Å². The second-order valence-electron chi connectivity index (χ2n) is 5.27. The van der Waals surface area contributed by atoms with Crippen molar-refractivity contribution in [2.45, 2.75) is 58.9 Å². The Balaban J connectivity index is 2.29. The molecular formula is C14H23NO. The van der Waals surface area contributed by atoms with Crippen molar-refractivity contribution in [2.24, 2.45) is 11.1 Å². The minimum atomic E-state index is 0.150. The van der Waals surface area contributed by atoms with E-state index in [4.69, 9.17) is 10.2 Å². The predicted molar refractivity (Wildman–Crippen MR) is 66.3 cm³/mol. The largest absolute Gasteiger partial charge is 0.466 e. The summed E-state index contributed by atoms with van der Waals surface area (Å²) in [6.07, 6.45) is 6.38. The van der Waals surface area contributed by atoms with Crippen molar-refractivity contribution in [1.82, 2.24) is 0 Å². The predicted octanol–water partition coefficient (Wildman–Crippen LogP) is 3.87. The average molecular weight is 221 g/mol. The van der Waals surface area contributed by atoms with E-state index in [9.17, 15) is 0 Å². The number of furan rings is 1. The zero-order chi connectivity index (χ0) is 11.8. The van der Waals surface area contributed by atoms with E-state index in [0.717, 1.165) is 11.5 Å². The third kappa shape index (κ3) is 1.80. The molecule has 2 N–H and O–H groups in total. The summed E-state index contributed by atoms with van der Waals surface area (Å²) in [6.45, 7) is 6.30. The van der Waals surface area contributed by atoms with E-state index in [1.165, 1.54) is 37.7 Å². The Morgan fingerprint density at radius 1 is 1.38 bits per heavy atom. The van der Waals surface area contributed by atoms with Crippen LogP contribution in [0.25, 0.3) is 0 Å². The fraction of sp³-hybridized carbons (Fsp3) is 0.714. The Kier molecular flexibility index (Phi) is 3.11. The molecule has 0 aliphatic heterocycles. The highest BCUT2D eigenvalue weighted by Crippen LogP contribution is 2.49. The van der Waals surface area contributed by atoms with Crippen molar-refractivity contribution in [3.8, 4) is 0 Å². The van der Waals surface area contributed by atoms with Crippen molar-refractivity contribution >= 4 is 0 Å². The second kappa shape index (κ2) is 4.25. The van der Waals surface area contributed by atoms with Crippen LogP contribution in [-0.4, -0.2) is 0 Å². The number of hydrogen-bond acceptors (Lipinski definition) is 2. The van der Waals surface area contributed by atoms with Crippen LogP contribution < -0.4 is 5.73 Å². The summed E-state index contributed by atoms with van der Waals surface area (Å²) in [7, 11) is 0. The summed E-state index contributed by atoms with van der Waals surface area (Å²) in [5.41, 5.74) is 8.04. The van der Waals surface area contributed by atoms with Crippen molar-refractivity contribution in [1.29, 1.82) is 0 Å². The van der Waals surface area contributed by atoms with E-state index >= 15 is 0 Å². The minimum absolute atomic E-state index is 0.150. The summed E-state index contributed by atoms with van der Waals surface area (Å²) in [5.74, 6) is 1.98. The lowest BCUT2D eigenvalue weighted by Crippen LogP contribution is -2.31. The number of nitrogens with two attached hydrogens (primary N) is 1. The molecule has 2 nitrogen and oxygen atoms in total. The molecule has 0 spiro atoms. The smallest absolute Gasteiger partial charge is 0.105 e. The first kappa shape index (κ1) is 11.7. The highest BCUT2D eigenvalue weighted by molar-refractivity contribution is 5.26. The third-order valence-electron chi connectivity index (χ3n) is 4.38. The molecule has 0 bridgehead atoms. The van der Waals surface area contributed by atoms with Crippen molar-refractivity contribution in [2.75, 3.05) is 0 Å². The molecule has 1 saturated carbocycles. The Morgan fingerprint density at radius 3 is 2.44 bits per heavy atom. The summed E-state index contributed by atoms with van der Waals surface area (Å²) in [4.78, 5) is 0. The standard InChI is InChI=1S/C14H23NO/c1-4-14(7-5-6-8-14)13(15)12-9-10(2)16-11(12)3/h9,13H,4-8,15H2,1-3H3. The quantitative estimate of drug-likeness (QED) is 0.841. The van der Waals surface area contributed by atoms with Gasteiger partial charge in [-0.3, -0.25) is 0 Å². The molecular weight excluding hydrogens is 198 g/mol. The Morgan fingerprint density at radius 2 is 2.00 bits per heavy atom. The third-order valence-corrected chi connectivity index (χ3v) is 4.38. The van der Waals surface area contributed by atoms with Gasteiger partial charge in [0.15, 0.2) is 0 Å². The van der Waals surface area contributed by atoms with Crippen LogP contribution in [0.4, 0.5) is 0 Å². The molecule has 2 rings (SSSR count). The fourth-order valence-electron chi connectivity index (χ4n) is 3.25. The van der Waals surface area contributed by atoms with E-state index in [-0.39, 0.29) is 6.04 Å². The Labute approximate surface area is 98.2 Å². The fourth-order valence-corrected chi connectivity index (χ4v) is 3.25. The van der Waals surface area contributed by atoms with Gasteiger partial charge in [0.1, 0.15) is 11.5 Å². The zero-order valence-electron chi connectivity index (χ0n) is 10.7. The van der Waals surface area contributed by atoms with Gasteiger partial charge >= 0.3 is 0 Å². The maximum Gasteiger partial charge on any atom is 0.105 e. The number of hydrogen-bond donors (Lipinski definition) is 1. The molecule has 0 saturated heterocycles. The Bertz CT molecular complexity index is 361.